The van der Waals surface area contributed by atoms with E-state index >= 15 is 0 Å². The second-order valence-electron chi connectivity index (χ2n) is 6.40. The molecule has 0 heterocycles. The maximum Gasteiger partial charge on any atom is 0.251 e. The third-order valence-electron chi connectivity index (χ3n) is 4.37. The molecule has 0 bridgehead atoms. The first kappa shape index (κ1) is 20.4. The summed E-state index contributed by atoms with van der Waals surface area (Å²) in [6, 6.07) is 22.9. The van der Waals surface area contributed by atoms with Gasteiger partial charge in [0.15, 0.2) is 0 Å². The zero-order valence-electron chi connectivity index (χ0n) is 15.9. The van der Waals surface area contributed by atoms with Crippen LogP contribution in [0.3, 0.4) is 0 Å². The van der Waals surface area contributed by atoms with E-state index in [0.29, 0.717) is 22.0 Å². The third-order valence-corrected chi connectivity index (χ3v) is 4.66. The van der Waals surface area contributed by atoms with E-state index in [2.05, 4.69) is 10.6 Å². The number of carbonyl (C=O) groups is 2. The Bertz CT molecular complexity index is 978. The number of hydrogen-bond donors (Lipinski definition) is 2. The Kier molecular flexibility index (Phi) is 6.87. The average molecular weight is 409 g/mol. The number of carbonyl (C=O) groups excluding carboxylic acids is 2. The van der Waals surface area contributed by atoms with Gasteiger partial charge < -0.3 is 15.4 Å². The van der Waals surface area contributed by atoms with E-state index in [0.717, 1.165) is 5.56 Å². The predicted octanol–water partition coefficient (Wildman–Crippen LogP) is 4.85. The van der Waals surface area contributed by atoms with Crippen LogP contribution in [0.4, 0.5) is 5.69 Å². The molecule has 0 aromatic heterocycles. The second kappa shape index (κ2) is 9.75. The molecule has 0 radical (unpaired) electrons. The van der Waals surface area contributed by atoms with E-state index in [9.17, 15) is 9.59 Å². The summed E-state index contributed by atoms with van der Waals surface area (Å²) in [4.78, 5) is 25.3. The molecule has 3 aromatic carbocycles. The van der Waals surface area contributed by atoms with Gasteiger partial charge in [-0.1, -0.05) is 60.1 Å². The zero-order valence-corrected chi connectivity index (χ0v) is 16.6. The first-order valence-electron chi connectivity index (χ1n) is 9.11. The molecule has 148 valence electrons. The zero-order chi connectivity index (χ0) is 20.6. The van der Waals surface area contributed by atoms with Gasteiger partial charge in [0.1, 0.15) is 5.75 Å². The molecular formula is C23H21ClN2O3. The van der Waals surface area contributed by atoms with Crippen molar-refractivity contribution >= 4 is 29.1 Å². The molecule has 0 aliphatic heterocycles. The van der Waals surface area contributed by atoms with E-state index in [1.807, 2.05) is 36.4 Å². The molecule has 0 fully saturated rings. The summed E-state index contributed by atoms with van der Waals surface area (Å²) in [6.45, 7) is 0. The molecule has 29 heavy (non-hydrogen) atoms. The molecule has 0 saturated heterocycles. The fourth-order valence-electron chi connectivity index (χ4n) is 2.91. The van der Waals surface area contributed by atoms with Gasteiger partial charge >= 0.3 is 0 Å². The average Bonchev–Trinajstić information content (AvgIpc) is 2.74. The monoisotopic (exact) mass is 408 g/mol. The highest BCUT2D eigenvalue weighted by Gasteiger charge is 2.19. The Morgan fingerprint density at radius 1 is 0.966 bits per heavy atom. The van der Waals surface area contributed by atoms with Gasteiger partial charge in [-0.3, -0.25) is 9.59 Å². The molecule has 0 aliphatic rings. The standard InChI is InChI=1S/C23H21ClN2O3/c1-29-21-13-12-18(14-19(21)24)25-22(27)15-20(16-8-4-2-5-9-16)26-23(28)17-10-6-3-7-11-17/h2-14,20H,15H2,1H3,(H,25,27)(H,26,28)/t20-/m0/s1. The van der Waals surface area contributed by atoms with Crippen LogP contribution in [0.2, 0.25) is 5.02 Å². The smallest absolute Gasteiger partial charge is 0.251 e. The summed E-state index contributed by atoms with van der Waals surface area (Å²) < 4.78 is 5.12. The van der Waals surface area contributed by atoms with Crippen LogP contribution in [0.5, 0.6) is 5.75 Å². The molecule has 0 saturated carbocycles. The number of nitrogens with one attached hydrogen (secondary N) is 2. The molecular weight excluding hydrogens is 388 g/mol. The lowest BCUT2D eigenvalue weighted by molar-refractivity contribution is -0.116. The Hall–Kier alpha value is -3.31. The van der Waals surface area contributed by atoms with E-state index in [-0.39, 0.29) is 18.2 Å². The molecule has 2 amide bonds. The van der Waals surface area contributed by atoms with Gasteiger partial charge in [0.2, 0.25) is 5.91 Å². The lowest BCUT2D eigenvalue weighted by atomic mass is 10.0. The van der Waals surface area contributed by atoms with Gasteiger partial charge in [0.25, 0.3) is 5.91 Å². The number of ether oxygens (including phenoxy) is 1. The van der Waals surface area contributed by atoms with Crippen LogP contribution < -0.4 is 15.4 Å². The maximum absolute atomic E-state index is 12.6. The fraction of sp³-hybridized carbons (Fsp3) is 0.130. The highest BCUT2D eigenvalue weighted by atomic mass is 35.5. The summed E-state index contributed by atoms with van der Waals surface area (Å²) in [5.41, 5.74) is 1.94. The summed E-state index contributed by atoms with van der Waals surface area (Å²) in [5, 5.41) is 6.17. The van der Waals surface area contributed by atoms with Crippen LogP contribution in [0, 0.1) is 0 Å². The summed E-state index contributed by atoms with van der Waals surface area (Å²) in [7, 11) is 1.53. The SMILES string of the molecule is COc1ccc(NC(=O)C[C@H](NC(=O)c2ccccc2)c2ccccc2)cc1Cl. The van der Waals surface area contributed by atoms with E-state index in [1.165, 1.54) is 7.11 Å². The minimum Gasteiger partial charge on any atom is -0.495 e. The first-order valence-corrected chi connectivity index (χ1v) is 9.49. The lowest BCUT2D eigenvalue weighted by Gasteiger charge is -2.19. The van der Waals surface area contributed by atoms with Gasteiger partial charge in [0, 0.05) is 11.3 Å². The Morgan fingerprint density at radius 3 is 2.24 bits per heavy atom. The normalized spacial score (nSPS) is 11.4. The largest absolute Gasteiger partial charge is 0.495 e. The Morgan fingerprint density at radius 2 is 1.62 bits per heavy atom. The predicted molar refractivity (Wildman–Crippen MR) is 114 cm³/mol. The van der Waals surface area contributed by atoms with Crippen molar-refractivity contribution in [1.82, 2.24) is 5.32 Å². The molecule has 3 rings (SSSR count). The van der Waals surface area contributed by atoms with Crippen molar-refractivity contribution < 1.29 is 14.3 Å². The molecule has 3 aromatic rings. The van der Waals surface area contributed by atoms with Crippen LogP contribution in [0.1, 0.15) is 28.4 Å². The third kappa shape index (κ3) is 5.59. The van der Waals surface area contributed by atoms with Gasteiger partial charge in [0.05, 0.1) is 24.6 Å². The number of amides is 2. The van der Waals surface area contributed by atoms with E-state index < -0.39 is 6.04 Å². The van der Waals surface area contributed by atoms with Crippen LogP contribution in [0.25, 0.3) is 0 Å². The van der Waals surface area contributed by atoms with Crippen LogP contribution in [-0.2, 0) is 4.79 Å². The maximum atomic E-state index is 12.6. The molecule has 0 spiro atoms. The molecule has 0 unspecified atom stereocenters. The van der Waals surface area contributed by atoms with Crippen molar-refractivity contribution in [2.75, 3.05) is 12.4 Å². The summed E-state index contributed by atoms with van der Waals surface area (Å²) in [5.74, 6) is 0.0511. The van der Waals surface area contributed by atoms with E-state index in [1.54, 1.807) is 42.5 Å². The molecule has 5 nitrogen and oxygen atoms in total. The van der Waals surface area contributed by atoms with Crippen molar-refractivity contribution in [1.29, 1.82) is 0 Å². The molecule has 1 atom stereocenters. The van der Waals surface area contributed by atoms with Gasteiger partial charge in [-0.25, -0.2) is 0 Å². The molecule has 6 heteroatoms. The number of anilines is 1. The van der Waals surface area contributed by atoms with Crippen LogP contribution in [-0.4, -0.2) is 18.9 Å². The van der Waals surface area contributed by atoms with Gasteiger partial charge in [-0.05, 0) is 35.9 Å². The van der Waals surface area contributed by atoms with Crippen molar-refractivity contribution in [3.8, 4) is 5.75 Å². The Balaban J connectivity index is 1.73. The highest BCUT2D eigenvalue weighted by Crippen LogP contribution is 2.27. The van der Waals surface area contributed by atoms with Crippen molar-refractivity contribution in [2.45, 2.75) is 12.5 Å². The summed E-state index contributed by atoms with van der Waals surface area (Å²) in [6.07, 6.45) is 0.0756. The lowest BCUT2D eigenvalue weighted by Crippen LogP contribution is -2.31. The molecule has 2 N–H and O–H groups in total. The number of halogens is 1. The molecule has 0 aliphatic carbocycles. The van der Waals surface area contributed by atoms with Crippen molar-refractivity contribution in [2.24, 2.45) is 0 Å². The minimum absolute atomic E-state index is 0.0756. The number of hydrogen-bond acceptors (Lipinski definition) is 3. The minimum atomic E-state index is -0.474. The Labute approximate surface area is 174 Å². The fourth-order valence-corrected chi connectivity index (χ4v) is 3.17. The number of rotatable bonds is 7. The summed E-state index contributed by atoms with van der Waals surface area (Å²) >= 11 is 6.12. The topological polar surface area (TPSA) is 67.4 Å². The van der Waals surface area contributed by atoms with E-state index in [4.69, 9.17) is 16.3 Å². The van der Waals surface area contributed by atoms with Crippen molar-refractivity contribution in [3.05, 3.63) is 95.0 Å². The number of methoxy groups -OCH3 is 1. The van der Waals surface area contributed by atoms with Gasteiger partial charge in [-0.2, -0.15) is 0 Å². The van der Waals surface area contributed by atoms with Crippen molar-refractivity contribution in [3.63, 3.8) is 0 Å². The van der Waals surface area contributed by atoms with Gasteiger partial charge in [-0.15, -0.1) is 0 Å². The van der Waals surface area contributed by atoms with Crippen LogP contribution >= 0.6 is 11.6 Å². The second-order valence-corrected chi connectivity index (χ2v) is 6.81. The quantitative estimate of drug-likeness (QED) is 0.587. The van der Waals surface area contributed by atoms with Crippen LogP contribution in [0.15, 0.2) is 78.9 Å². The highest BCUT2D eigenvalue weighted by molar-refractivity contribution is 6.32. The number of benzene rings is 3. The first-order chi connectivity index (χ1) is 14.1.